The van der Waals surface area contributed by atoms with E-state index in [0.29, 0.717) is 10.8 Å². The van der Waals surface area contributed by atoms with Crippen molar-refractivity contribution in [1.29, 1.82) is 0 Å². The van der Waals surface area contributed by atoms with Gasteiger partial charge in [-0.2, -0.15) is 11.3 Å². The predicted octanol–water partition coefficient (Wildman–Crippen LogP) is 4.33. The highest BCUT2D eigenvalue weighted by Gasteiger charge is 2.16. The molecule has 0 aromatic carbocycles. The molecule has 0 bridgehead atoms. The van der Waals surface area contributed by atoms with Gasteiger partial charge >= 0.3 is 0 Å². The van der Waals surface area contributed by atoms with E-state index in [9.17, 15) is 8.42 Å². The molecule has 0 aliphatic heterocycles. The minimum atomic E-state index is -3.40. The Morgan fingerprint density at radius 1 is 1.14 bits per heavy atom. The van der Waals surface area contributed by atoms with E-state index in [2.05, 4.69) is 21.5 Å². The molecule has 1 N–H and O–H groups in total. The first-order valence-electron chi connectivity index (χ1n) is 6.21. The highest BCUT2D eigenvalue weighted by atomic mass is 32.2. The molecule has 3 aromatic rings. The Balaban J connectivity index is 1.71. The second-order valence-corrected chi connectivity index (χ2v) is 9.56. The number of thiophene rings is 3. The maximum Gasteiger partial charge on any atom is 0.250 e. The van der Waals surface area contributed by atoms with Gasteiger partial charge in [0.25, 0.3) is 0 Å². The van der Waals surface area contributed by atoms with Crippen molar-refractivity contribution in [2.45, 2.75) is 17.7 Å². The van der Waals surface area contributed by atoms with E-state index in [4.69, 9.17) is 0 Å². The van der Waals surface area contributed by atoms with Crippen LogP contribution in [-0.2, 0) is 16.6 Å². The summed E-state index contributed by atoms with van der Waals surface area (Å²) in [5.41, 5.74) is 2.32. The first kappa shape index (κ1) is 14.9. The van der Waals surface area contributed by atoms with Crippen LogP contribution in [0.5, 0.6) is 0 Å². The molecule has 3 heterocycles. The summed E-state index contributed by atoms with van der Waals surface area (Å²) in [5.74, 6) is 0. The van der Waals surface area contributed by atoms with Crippen LogP contribution in [0.15, 0.2) is 44.6 Å². The average Bonchev–Trinajstić information content (AvgIpc) is 3.17. The van der Waals surface area contributed by atoms with Crippen molar-refractivity contribution in [2.75, 3.05) is 0 Å². The van der Waals surface area contributed by atoms with Crippen LogP contribution in [0.4, 0.5) is 0 Å². The van der Waals surface area contributed by atoms with E-state index in [1.54, 1.807) is 28.7 Å². The minimum absolute atomic E-state index is 0.327. The Bertz CT molecular complexity index is 828. The fourth-order valence-corrected chi connectivity index (χ4v) is 5.77. The fraction of sp³-hybridized carbons (Fsp3) is 0.143. The van der Waals surface area contributed by atoms with Crippen molar-refractivity contribution in [1.82, 2.24) is 4.72 Å². The van der Waals surface area contributed by atoms with E-state index in [0.717, 1.165) is 15.3 Å². The third-order valence-electron chi connectivity index (χ3n) is 2.93. The Hall–Kier alpha value is -0.990. The number of hydrogen-bond donors (Lipinski definition) is 1. The number of aryl methyl sites for hydroxylation is 1. The molecule has 3 nitrogen and oxygen atoms in total. The molecule has 0 amide bonds. The predicted molar refractivity (Wildman–Crippen MR) is 90.7 cm³/mol. The topological polar surface area (TPSA) is 46.2 Å². The summed E-state index contributed by atoms with van der Waals surface area (Å²) < 4.78 is 27.3. The summed E-state index contributed by atoms with van der Waals surface area (Å²) in [5, 5.41) is 6.18. The Kier molecular flexibility index (Phi) is 4.28. The molecule has 0 atom stereocenters. The van der Waals surface area contributed by atoms with Crippen LogP contribution in [0.2, 0.25) is 0 Å². The summed E-state index contributed by atoms with van der Waals surface area (Å²) in [6.45, 7) is 2.23. The van der Waals surface area contributed by atoms with E-state index >= 15 is 0 Å². The standard InChI is InChI=1S/C14H13NO2S4/c1-10-2-3-14(20-10)21(16,17)15-7-13-6-12(9-19-13)11-4-5-18-8-11/h2-6,8-9,15H,7H2,1H3. The summed E-state index contributed by atoms with van der Waals surface area (Å²) in [7, 11) is -3.40. The van der Waals surface area contributed by atoms with Gasteiger partial charge in [0.15, 0.2) is 0 Å². The molecule has 0 spiro atoms. The second-order valence-electron chi connectivity index (χ2n) is 4.50. The Morgan fingerprint density at radius 2 is 2.00 bits per heavy atom. The van der Waals surface area contributed by atoms with Crippen LogP contribution in [0.3, 0.4) is 0 Å². The molecular weight excluding hydrogens is 342 g/mol. The monoisotopic (exact) mass is 355 g/mol. The number of rotatable bonds is 5. The molecule has 0 radical (unpaired) electrons. The smallest absolute Gasteiger partial charge is 0.206 e. The summed E-state index contributed by atoms with van der Waals surface area (Å²) in [6, 6.07) is 7.57. The molecule has 110 valence electrons. The molecule has 0 saturated carbocycles. The van der Waals surface area contributed by atoms with E-state index < -0.39 is 10.0 Å². The van der Waals surface area contributed by atoms with Crippen LogP contribution in [0, 0.1) is 6.92 Å². The SMILES string of the molecule is Cc1ccc(S(=O)(=O)NCc2cc(-c3ccsc3)cs2)s1. The molecule has 3 aromatic heterocycles. The van der Waals surface area contributed by atoms with Crippen molar-refractivity contribution in [2.24, 2.45) is 0 Å². The Morgan fingerprint density at radius 3 is 2.67 bits per heavy atom. The van der Waals surface area contributed by atoms with Gasteiger partial charge in [-0.15, -0.1) is 22.7 Å². The third kappa shape index (κ3) is 3.44. The average molecular weight is 356 g/mol. The molecule has 21 heavy (non-hydrogen) atoms. The first-order chi connectivity index (χ1) is 10.0. The van der Waals surface area contributed by atoms with Crippen molar-refractivity contribution in [3.05, 3.63) is 50.2 Å². The van der Waals surface area contributed by atoms with E-state index in [-0.39, 0.29) is 0 Å². The zero-order chi connectivity index (χ0) is 14.9. The first-order valence-corrected chi connectivity index (χ1v) is 10.3. The van der Waals surface area contributed by atoms with Gasteiger partial charge in [0.2, 0.25) is 10.0 Å². The lowest BCUT2D eigenvalue weighted by Crippen LogP contribution is -2.21. The number of hydrogen-bond acceptors (Lipinski definition) is 5. The molecule has 3 rings (SSSR count). The summed E-state index contributed by atoms with van der Waals surface area (Å²) >= 11 is 4.51. The van der Waals surface area contributed by atoms with Crippen LogP contribution < -0.4 is 4.72 Å². The summed E-state index contributed by atoms with van der Waals surface area (Å²) in [6.07, 6.45) is 0. The van der Waals surface area contributed by atoms with Crippen molar-refractivity contribution >= 4 is 44.0 Å². The maximum atomic E-state index is 12.2. The van der Waals surface area contributed by atoms with Crippen molar-refractivity contribution in [3.8, 4) is 11.1 Å². The van der Waals surface area contributed by atoms with Crippen molar-refractivity contribution < 1.29 is 8.42 Å². The normalized spacial score (nSPS) is 11.9. The maximum absolute atomic E-state index is 12.2. The highest BCUT2D eigenvalue weighted by Crippen LogP contribution is 2.28. The Labute approximate surface area is 136 Å². The van der Waals surface area contributed by atoms with Gasteiger partial charge in [-0.05, 0) is 58.5 Å². The van der Waals surface area contributed by atoms with Gasteiger partial charge in [0.1, 0.15) is 4.21 Å². The highest BCUT2D eigenvalue weighted by molar-refractivity contribution is 7.91. The molecule has 0 aliphatic carbocycles. The zero-order valence-corrected chi connectivity index (χ0v) is 14.5. The van der Waals surface area contributed by atoms with Gasteiger partial charge in [0, 0.05) is 16.3 Å². The zero-order valence-electron chi connectivity index (χ0n) is 11.2. The van der Waals surface area contributed by atoms with Crippen LogP contribution in [0.1, 0.15) is 9.75 Å². The lowest BCUT2D eigenvalue weighted by atomic mass is 10.2. The molecule has 0 aliphatic rings. The van der Waals surface area contributed by atoms with Crippen LogP contribution in [-0.4, -0.2) is 8.42 Å². The van der Waals surface area contributed by atoms with Gasteiger partial charge in [-0.1, -0.05) is 0 Å². The van der Waals surface area contributed by atoms with Gasteiger partial charge in [-0.3, -0.25) is 0 Å². The molecular formula is C14H13NO2S4. The summed E-state index contributed by atoms with van der Waals surface area (Å²) in [4.78, 5) is 2.00. The minimum Gasteiger partial charge on any atom is -0.206 e. The van der Waals surface area contributed by atoms with E-state index in [1.807, 2.05) is 24.4 Å². The largest absolute Gasteiger partial charge is 0.250 e. The van der Waals surface area contributed by atoms with Gasteiger partial charge < -0.3 is 0 Å². The van der Waals surface area contributed by atoms with Gasteiger partial charge in [-0.25, -0.2) is 13.1 Å². The lowest BCUT2D eigenvalue weighted by molar-refractivity contribution is 0.584. The van der Waals surface area contributed by atoms with Crippen LogP contribution >= 0.6 is 34.0 Å². The molecule has 0 fully saturated rings. The lowest BCUT2D eigenvalue weighted by Gasteiger charge is -2.02. The molecule has 0 unspecified atom stereocenters. The third-order valence-corrected chi connectivity index (χ3v) is 7.44. The second kappa shape index (κ2) is 6.02. The van der Waals surface area contributed by atoms with Crippen LogP contribution in [0.25, 0.3) is 11.1 Å². The quantitative estimate of drug-likeness (QED) is 0.740. The molecule has 7 heteroatoms. The number of sulfonamides is 1. The van der Waals surface area contributed by atoms with Crippen molar-refractivity contribution in [3.63, 3.8) is 0 Å². The van der Waals surface area contributed by atoms with Gasteiger partial charge in [0.05, 0.1) is 0 Å². The van der Waals surface area contributed by atoms with E-state index in [1.165, 1.54) is 16.9 Å². The number of nitrogens with one attached hydrogen (secondary N) is 1. The fourth-order valence-electron chi connectivity index (χ4n) is 1.85. The molecule has 0 saturated heterocycles.